The Hall–Kier alpha value is -2.18. The highest BCUT2D eigenvalue weighted by molar-refractivity contribution is 5.90. The zero-order valence-electron chi connectivity index (χ0n) is 10.3. The Balaban J connectivity index is 2.55. The lowest BCUT2D eigenvalue weighted by molar-refractivity contribution is -0.120. The zero-order chi connectivity index (χ0) is 14.4. The summed E-state index contributed by atoms with van der Waals surface area (Å²) in [6, 6.07) is 1.40. The highest BCUT2D eigenvalue weighted by atomic mass is 19.1. The molecule has 1 amide bonds. The van der Waals surface area contributed by atoms with Gasteiger partial charge in [0, 0.05) is 19.5 Å². The number of benzene rings is 1. The number of nitrogen functional groups attached to an aromatic ring is 1. The third-order valence-electron chi connectivity index (χ3n) is 2.37. The minimum Gasteiger partial charge on any atom is -0.462 e. The van der Waals surface area contributed by atoms with Crippen molar-refractivity contribution < 1.29 is 23.1 Å². The van der Waals surface area contributed by atoms with Crippen LogP contribution in [0.4, 0.5) is 14.5 Å². The van der Waals surface area contributed by atoms with Crippen LogP contribution in [0.2, 0.25) is 0 Å². The standard InChI is InChI=1S/C12H14F2N2O3/c1-16-11(17)3-2-4-19-12(18)7-5-9(14)10(15)6-8(7)13/h5-6H,2-4,15H2,1H3,(H,16,17). The average Bonchev–Trinajstić information content (AvgIpc) is 2.38. The molecule has 7 heteroatoms. The Labute approximate surface area is 108 Å². The number of amides is 1. The van der Waals surface area contributed by atoms with Crippen LogP contribution in [-0.2, 0) is 9.53 Å². The molecule has 0 unspecified atom stereocenters. The number of carbonyl (C=O) groups is 2. The maximum absolute atomic E-state index is 13.4. The van der Waals surface area contributed by atoms with Gasteiger partial charge in [0.25, 0.3) is 0 Å². The van der Waals surface area contributed by atoms with E-state index >= 15 is 0 Å². The van der Waals surface area contributed by atoms with Gasteiger partial charge in [-0.15, -0.1) is 0 Å². The summed E-state index contributed by atoms with van der Waals surface area (Å²) in [7, 11) is 1.49. The summed E-state index contributed by atoms with van der Waals surface area (Å²) < 4.78 is 31.2. The molecule has 0 bridgehead atoms. The average molecular weight is 272 g/mol. The third kappa shape index (κ3) is 4.20. The van der Waals surface area contributed by atoms with Crippen molar-refractivity contribution in [2.75, 3.05) is 19.4 Å². The number of rotatable bonds is 5. The first kappa shape index (κ1) is 14.9. The van der Waals surface area contributed by atoms with E-state index in [4.69, 9.17) is 10.5 Å². The van der Waals surface area contributed by atoms with Crippen molar-refractivity contribution in [2.24, 2.45) is 0 Å². The molecule has 0 atom stereocenters. The molecule has 104 valence electrons. The second kappa shape index (κ2) is 6.67. The van der Waals surface area contributed by atoms with Gasteiger partial charge in [0.1, 0.15) is 11.6 Å². The number of nitrogens with two attached hydrogens (primary N) is 1. The second-order valence-electron chi connectivity index (χ2n) is 3.77. The fourth-order valence-electron chi connectivity index (χ4n) is 1.32. The molecule has 0 heterocycles. The van der Waals surface area contributed by atoms with E-state index in [0.717, 1.165) is 6.07 Å². The van der Waals surface area contributed by atoms with Crippen LogP contribution in [0.15, 0.2) is 12.1 Å². The molecule has 0 aliphatic carbocycles. The monoisotopic (exact) mass is 272 g/mol. The molecule has 0 saturated heterocycles. The molecule has 1 rings (SSSR count). The largest absolute Gasteiger partial charge is 0.462 e. The summed E-state index contributed by atoms with van der Waals surface area (Å²) >= 11 is 0. The Morgan fingerprint density at radius 2 is 2.00 bits per heavy atom. The van der Waals surface area contributed by atoms with Crippen molar-refractivity contribution >= 4 is 17.6 Å². The molecule has 0 spiro atoms. The van der Waals surface area contributed by atoms with Crippen LogP contribution >= 0.6 is 0 Å². The number of nitrogens with one attached hydrogen (secondary N) is 1. The molecule has 0 fully saturated rings. The van der Waals surface area contributed by atoms with Crippen molar-refractivity contribution in [1.82, 2.24) is 5.32 Å². The van der Waals surface area contributed by atoms with Gasteiger partial charge in [-0.05, 0) is 12.5 Å². The van der Waals surface area contributed by atoms with E-state index in [1.54, 1.807) is 0 Å². The summed E-state index contributed by atoms with van der Waals surface area (Å²) in [5.41, 5.74) is 4.25. The van der Waals surface area contributed by atoms with Crippen molar-refractivity contribution in [3.63, 3.8) is 0 Å². The van der Waals surface area contributed by atoms with Crippen LogP contribution in [0.5, 0.6) is 0 Å². The van der Waals surface area contributed by atoms with E-state index in [0.29, 0.717) is 12.5 Å². The molecule has 19 heavy (non-hydrogen) atoms. The predicted octanol–water partition coefficient (Wildman–Crippen LogP) is 1.23. The molecule has 0 radical (unpaired) electrons. The summed E-state index contributed by atoms with van der Waals surface area (Å²) in [6.07, 6.45) is 0.479. The number of hydrogen-bond acceptors (Lipinski definition) is 4. The van der Waals surface area contributed by atoms with Gasteiger partial charge in [0.2, 0.25) is 5.91 Å². The van der Waals surface area contributed by atoms with Crippen LogP contribution in [0.1, 0.15) is 23.2 Å². The van der Waals surface area contributed by atoms with Crippen molar-refractivity contribution in [3.8, 4) is 0 Å². The maximum atomic E-state index is 13.4. The van der Waals surface area contributed by atoms with Gasteiger partial charge in [-0.2, -0.15) is 0 Å². The normalized spacial score (nSPS) is 10.1. The van der Waals surface area contributed by atoms with E-state index in [-0.39, 0.29) is 24.6 Å². The molecule has 0 aliphatic heterocycles. The van der Waals surface area contributed by atoms with Crippen molar-refractivity contribution in [1.29, 1.82) is 0 Å². The van der Waals surface area contributed by atoms with Crippen molar-refractivity contribution in [2.45, 2.75) is 12.8 Å². The van der Waals surface area contributed by atoms with E-state index in [2.05, 4.69) is 5.32 Å². The number of halogens is 2. The van der Waals surface area contributed by atoms with E-state index in [9.17, 15) is 18.4 Å². The Bertz CT molecular complexity index is 492. The highest BCUT2D eigenvalue weighted by Gasteiger charge is 2.16. The molecule has 3 N–H and O–H groups in total. The lowest BCUT2D eigenvalue weighted by Crippen LogP contribution is -2.18. The molecular formula is C12H14F2N2O3. The van der Waals surface area contributed by atoms with Crippen LogP contribution in [0.3, 0.4) is 0 Å². The quantitative estimate of drug-likeness (QED) is 0.480. The molecular weight excluding hydrogens is 258 g/mol. The SMILES string of the molecule is CNC(=O)CCCOC(=O)c1cc(F)c(N)cc1F. The number of carbonyl (C=O) groups excluding carboxylic acids is 2. The third-order valence-corrected chi connectivity index (χ3v) is 2.37. The molecule has 0 aliphatic rings. The Morgan fingerprint density at radius 1 is 1.32 bits per heavy atom. The Kier molecular flexibility index (Phi) is 5.23. The summed E-state index contributed by atoms with van der Waals surface area (Å²) in [5.74, 6) is -3.03. The first-order valence-corrected chi connectivity index (χ1v) is 5.58. The summed E-state index contributed by atoms with van der Waals surface area (Å²) in [6.45, 7) is -0.0578. The van der Waals surface area contributed by atoms with Gasteiger partial charge in [-0.25, -0.2) is 13.6 Å². The molecule has 0 saturated carbocycles. The van der Waals surface area contributed by atoms with Gasteiger partial charge >= 0.3 is 5.97 Å². The fourth-order valence-corrected chi connectivity index (χ4v) is 1.32. The zero-order valence-corrected chi connectivity index (χ0v) is 10.3. The molecule has 1 aromatic rings. The fraction of sp³-hybridized carbons (Fsp3) is 0.333. The lowest BCUT2D eigenvalue weighted by atomic mass is 10.2. The van der Waals surface area contributed by atoms with Gasteiger partial charge in [-0.3, -0.25) is 4.79 Å². The minimum absolute atomic E-state index is 0.0578. The van der Waals surface area contributed by atoms with E-state index in [1.165, 1.54) is 7.05 Å². The predicted molar refractivity (Wildman–Crippen MR) is 64.4 cm³/mol. The smallest absolute Gasteiger partial charge is 0.341 e. The van der Waals surface area contributed by atoms with Crippen LogP contribution < -0.4 is 11.1 Å². The number of ether oxygens (including phenoxy) is 1. The van der Waals surface area contributed by atoms with Gasteiger partial charge in [0.05, 0.1) is 17.9 Å². The van der Waals surface area contributed by atoms with E-state index in [1.807, 2.05) is 0 Å². The highest BCUT2D eigenvalue weighted by Crippen LogP contribution is 2.17. The molecule has 5 nitrogen and oxygen atoms in total. The van der Waals surface area contributed by atoms with Crippen LogP contribution in [-0.4, -0.2) is 25.5 Å². The lowest BCUT2D eigenvalue weighted by Gasteiger charge is -2.06. The molecule has 0 aromatic heterocycles. The summed E-state index contributed by atoms with van der Waals surface area (Å²) in [5, 5.41) is 2.40. The van der Waals surface area contributed by atoms with Crippen LogP contribution in [0.25, 0.3) is 0 Å². The molecule has 1 aromatic carbocycles. The van der Waals surface area contributed by atoms with Gasteiger partial charge < -0.3 is 15.8 Å². The van der Waals surface area contributed by atoms with Gasteiger partial charge in [0.15, 0.2) is 0 Å². The van der Waals surface area contributed by atoms with E-state index < -0.39 is 23.2 Å². The maximum Gasteiger partial charge on any atom is 0.341 e. The van der Waals surface area contributed by atoms with Crippen LogP contribution in [0, 0.1) is 11.6 Å². The van der Waals surface area contributed by atoms with Gasteiger partial charge in [-0.1, -0.05) is 0 Å². The number of hydrogen-bond donors (Lipinski definition) is 2. The number of anilines is 1. The first-order valence-electron chi connectivity index (χ1n) is 5.58. The second-order valence-corrected chi connectivity index (χ2v) is 3.77. The first-order chi connectivity index (χ1) is 8.95. The summed E-state index contributed by atoms with van der Waals surface area (Å²) in [4.78, 5) is 22.4. The number of esters is 1. The van der Waals surface area contributed by atoms with Crippen molar-refractivity contribution in [3.05, 3.63) is 29.3 Å². The topological polar surface area (TPSA) is 81.4 Å². The Morgan fingerprint density at radius 3 is 2.63 bits per heavy atom. The minimum atomic E-state index is -0.992.